The smallest absolute Gasteiger partial charge is 0.0845 e. The molecule has 5 aliphatic rings. The maximum absolute atomic E-state index is 2.59. The molecule has 0 N–H and O–H groups in total. The van der Waals surface area contributed by atoms with Gasteiger partial charge in [0.15, 0.2) is 6.71 Å². The van der Waals surface area contributed by atoms with Gasteiger partial charge in [0.2, 0.25) is 0 Å². The van der Waals surface area contributed by atoms with Crippen LogP contribution in [0.4, 0.5) is 0 Å². The molecule has 102 valence electrons. The first kappa shape index (κ1) is 12.5. The zero-order valence-electron chi connectivity index (χ0n) is 13.1. The van der Waals surface area contributed by atoms with Crippen LogP contribution in [0, 0.1) is 17.8 Å². The second-order valence-corrected chi connectivity index (χ2v) is 13.2. The lowest BCUT2D eigenvalue weighted by atomic mass is 9.30. The Kier molecular flexibility index (Phi) is 2.57. The van der Waals surface area contributed by atoms with E-state index in [1.165, 1.54) is 19.1 Å². The van der Waals surface area contributed by atoms with Crippen LogP contribution in [0.3, 0.4) is 0 Å². The predicted molar refractivity (Wildman–Crippen MR) is 87.2 cm³/mol. The lowest BCUT2D eigenvalue weighted by Crippen LogP contribution is -2.39. The van der Waals surface area contributed by atoms with Crippen molar-refractivity contribution < 1.29 is 0 Å². The fourth-order valence-corrected chi connectivity index (χ4v) is 8.50. The quantitative estimate of drug-likeness (QED) is 0.549. The third kappa shape index (κ3) is 1.65. The highest BCUT2D eigenvalue weighted by Crippen LogP contribution is 2.54. The van der Waals surface area contributed by atoms with E-state index in [1.807, 2.05) is 21.4 Å². The second kappa shape index (κ2) is 3.90. The summed E-state index contributed by atoms with van der Waals surface area (Å²) in [7, 11) is -1.23. The maximum Gasteiger partial charge on any atom is 0.176 e. The Morgan fingerprint density at radius 2 is 1.47 bits per heavy atom. The van der Waals surface area contributed by atoms with Crippen LogP contribution in [0.1, 0.15) is 39.5 Å². The third-order valence-electron chi connectivity index (χ3n) is 7.19. The summed E-state index contributed by atoms with van der Waals surface area (Å²) in [5.74, 6) is 3.19. The Balaban J connectivity index is 1.86. The van der Waals surface area contributed by atoms with Crippen molar-refractivity contribution >= 4 is 14.8 Å². The number of hydrogen-bond donors (Lipinski definition) is 0. The van der Waals surface area contributed by atoms with E-state index in [0.29, 0.717) is 0 Å². The summed E-state index contributed by atoms with van der Waals surface area (Å²) in [6.07, 6.45) is 9.18. The van der Waals surface area contributed by atoms with Crippen molar-refractivity contribution in [3.05, 3.63) is 21.4 Å². The van der Waals surface area contributed by atoms with Crippen molar-refractivity contribution in [3.8, 4) is 0 Å². The maximum atomic E-state index is 2.59. The average Bonchev–Trinajstić information content (AvgIpc) is 2.48. The molecule has 0 spiro atoms. The van der Waals surface area contributed by atoms with E-state index in [9.17, 15) is 0 Å². The Morgan fingerprint density at radius 3 is 2.11 bits per heavy atom. The van der Waals surface area contributed by atoms with Crippen molar-refractivity contribution in [2.45, 2.75) is 65.3 Å². The molecule has 0 nitrogen and oxygen atoms in total. The molecule has 0 aromatic heterocycles. The van der Waals surface area contributed by atoms with E-state index >= 15 is 0 Å². The van der Waals surface area contributed by atoms with Gasteiger partial charge in [0.25, 0.3) is 0 Å². The van der Waals surface area contributed by atoms with E-state index in [-0.39, 0.29) is 0 Å². The lowest BCUT2D eigenvalue weighted by molar-refractivity contribution is 0.202. The zero-order chi connectivity index (χ0) is 13.4. The minimum absolute atomic E-state index is 0.948. The summed E-state index contributed by atoms with van der Waals surface area (Å²) in [6, 6.07) is 0. The van der Waals surface area contributed by atoms with E-state index in [0.717, 1.165) is 24.5 Å². The van der Waals surface area contributed by atoms with Gasteiger partial charge in [-0.05, 0) is 57.3 Å². The minimum atomic E-state index is -1.23. The van der Waals surface area contributed by atoms with Crippen LogP contribution in [-0.2, 0) is 0 Å². The molecule has 0 aromatic carbocycles. The molecule has 5 rings (SSSR count). The van der Waals surface area contributed by atoms with Crippen LogP contribution in [0.15, 0.2) is 21.4 Å². The molecule has 4 fully saturated rings. The molecule has 0 radical (unpaired) electrons. The molecule has 2 heteroatoms. The van der Waals surface area contributed by atoms with Crippen molar-refractivity contribution in [1.82, 2.24) is 0 Å². The van der Waals surface area contributed by atoms with E-state index in [4.69, 9.17) is 0 Å². The van der Waals surface area contributed by atoms with Crippen LogP contribution < -0.4 is 0 Å². The number of rotatable bonds is 0. The molecule has 2 unspecified atom stereocenters. The largest absolute Gasteiger partial charge is 0.176 e. The predicted octanol–water partition coefficient (Wildman–Crippen LogP) is 4.90. The standard InChI is InChI=1S/C17H27BSi/c1-11-16-8-13-5-14-7-15(6-13)10-18(9-14)17(16)12(2)19(11,3)4/h13-15H,5-10H2,1-4H3. The Hall–Kier alpha value is -0.238. The summed E-state index contributed by atoms with van der Waals surface area (Å²) in [5, 5.41) is 3.69. The topological polar surface area (TPSA) is 0 Å². The van der Waals surface area contributed by atoms with Gasteiger partial charge in [0.1, 0.15) is 8.07 Å². The van der Waals surface area contributed by atoms with Crippen molar-refractivity contribution in [3.63, 3.8) is 0 Å². The Bertz CT molecular complexity index is 485. The lowest BCUT2D eigenvalue weighted by Gasteiger charge is -2.45. The third-order valence-corrected chi connectivity index (χ3v) is 11.5. The van der Waals surface area contributed by atoms with Gasteiger partial charge < -0.3 is 0 Å². The Morgan fingerprint density at radius 1 is 0.895 bits per heavy atom. The van der Waals surface area contributed by atoms with Crippen molar-refractivity contribution in [1.29, 1.82) is 0 Å². The minimum Gasteiger partial charge on any atom is -0.0845 e. The van der Waals surface area contributed by atoms with Crippen LogP contribution >= 0.6 is 0 Å². The molecule has 0 amide bonds. The first-order valence-corrected chi connectivity index (χ1v) is 11.4. The van der Waals surface area contributed by atoms with Gasteiger partial charge in [-0.25, -0.2) is 0 Å². The van der Waals surface area contributed by atoms with Crippen LogP contribution in [-0.4, -0.2) is 14.8 Å². The highest BCUT2D eigenvalue weighted by molar-refractivity contribution is 6.93. The molecule has 1 aliphatic carbocycles. The normalized spacial score (nSPS) is 39.8. The summed E-state index contributed by atoms with van der Waals surface area (Å²) in [4.78, 5) is 0. The van der Waals surface area contributed by atoms with Crippen molar-refractivity contribution in [2.75, 3.05) is 0 Å². The van der Waals surface area contributed by atoms with Gasteiger partial charge in [0.05, 0.1) is 0 Å². The van der Waals surface area contributed by atoms with Crippen molar-refractivity contribution in [2.24, 2.45) is 17.8 Å². The summed E-state index contributed by atoms with van der Waals surface area (Å²) in [5.41, 5.74) is 3.76. The van der Waals surface area contributed by atoms with Gasteiger partial charge >= 0.3 is 0 Å². The Labute approximate surface area is 119 Å². The molecule has 4 bridgehead atoms. The highest BCUT2D eigenvalue weighted by atomic mass is 28.3. The van der Waals surface area contributed by atoms with Gasteiger partial charge in [-0.15, -0.1) is 0 Å². The molecular formula is C17H27BSi. The highest BCUT2D eigenvalue weighted by Gasteiger charge is 2.47. The zero-order valence-corrected chi connectivity index (χ0v) is 14.1. The molecule has 2 atom stereocenters. The summed E-state index contributed by atoms with van der Waals surface area (Å²) < 4.78 is 0. The van der Waals surface area contributed by atoms with Crippen LogP contribution in [0.25, 0.3) is 0 Å². The first-order valence-electron chi connectivity index (χ1n) is 8.38. The summed E-state index contributed by atoms with van der Waals surface area (Å²) >= 11 is 0. The SMILES string of the molecule is CC1=C2CC3CC4CB(CC(C4)C3)C2=C(C)[Si]1(C)C. The first-order chi connectivity index (χ1) is 8.96. The number of allylic oxidation sites excluding steroid dienone is 4. The van der Waals surface area contributed by atoms with E-state index < -0.39 is 8.07 Å². The van der Waals surface area contributed by atoms with Crippen LogP contribution in [0.5, 0.6) is 0 Å². The van der Waals surface area contributed by atoms with Gasteiger partial charge in [-0.2, -0.15) is 0 Å². The fraction of sp³-hybridized carbons (Fsp3) is 0.765. The molecule has 1 saturated carbocycles. The molecule has 0 aromatic rings. The van der Waals surface area contributed by atoms with E-state index in [2.05, 4.69) is 26.9 Å². The molecular weight excluding hydrogens is 243 g/mol. The molecule has 4 aliphatic heterocycles. The fourth-order valence-electron chi connectivity index (χ4n) is 5.92. The molecule has 3 saturated heterocycles. The van der Waals surface area contributed by atoms with Gasteiger partial charge in [-0.1, -0.05) is 47.2 Å². The second-order valence-electron chi connectivity index (χ2n) is 8.44. The monoisotopic (exact) mass is 270 g/mol. The molecule has 19 heavy (non-hydrogen) atoms. The van der Waals surface area contributed by atoms with E-state index in [1.54, 1.807) is 19.3 Å². The number of hydrogen-bond acceptors (Lipinski definition) is 0. The molecule has 4 heterocycles. The summed E-state index contributed by atoms with van der Waals surface area (Å²) in [6.45, 7) is 11.1. The average molecular weight is 270 g/mol. The van der Waals surface area contributed by atoms with Gasteiger partial charge in [-0.3, -0.25) is 0 Å². The van der Waals surface area contributed by atoms with Crippen LogP contribution in [0.2, 0.25) is 25.7 Å². The van der Waals surface area contributed by atoms with Gasteiger partial charge in [0, 0.05) is 0 Å².